The molecule has 0 aliphatic rings. The molecule has 0 unspecified atom stereocenters. The van der Waals surface area contributed by atoms with Crippen LogP contribution in [0.2, 0.25) is 0 Å². The first kappa shape index (κ1) is 12.0. The second-order valence-corrected chi connectivity index (χ2v) is 5.77. The molecule has 0 N–H and O–H groups in total. The number of carbonyl (C=O) groups is 1. The number of anilines is 1. The maximum Gasteiger partial charge on any atom is 0.340 e. The van der Waals surface area contributed by atoms with Gasteiger partial charge in [0.25, 0.3) is 0 Å². The van der Waals surface area contributed by atoms with Gasteiger partial charge in [0.05, 0.1) is 18.9 Å². The van der Waals surface area contributed by atoms with E-state index in [4.69, 9.17) is 0 Å². The zero-order valence-corrected chi connectivity index (χ0v) is 10.2. The van der Waals surface area contributed by atoms with Gasteiger partial charge in [-0.3, -0.25) is 4.31 Å². The van der Waals surface area contributed by atoms with Gasteiger partial charge >= 0.3 is 5.97 Å². The van der Waals surface area contributed by atoms with E-state index in [1.54, 1.807) is 5.38 Å². The van der Waals surface area contributed by atoms with E-state index in [1.807, 2.05) is 0 Å². The molecule has 1 aromatic heterocycles. The average molecular weight is 249 g/mol. The average Bonchev–Trinajstić information content (AvgIpc) is 2.62. The van der Waals surface area contributed by atoms with Gasteiger partial charge in [0.2, 0.25) is 10.0 Å². The van der Waals surface area contributed by atoms with Crippen LogP contribution >= 0.6 is 11.3 Å². The van der Waals surface area contributed by atoms with Gasteiger partial charge in [-0.2, -0.15) is 0 Å². The second kappa shape index (κ2) is 4.19. The molecule has 0 aromatic carbocycles. The molecular formula is C8H11NO4S2. The summed E-state index contributed by atoms with van der Waals surface area (Å²) in [6, 6.07) is 1.54. The van der Waals surface area contributed by atoms with Crippen molar-refractivity contribution < 1.29 is 17.9 Å². The molecule has 0 amide bonds. The number of esters is 1. The van der Waals surface area contributed by atoms with Crippen molar-refractivity contribution in [1.29, 1.82) is 0 Å². The van der Waals surface area contributed by atoms with E-state index < -0.39 is 16.0 Å². The standard InChI is InChI=1S/C8H11NO4S2/c1-9(15(3,11)12)7-6(4-5-14-7)8(10)13-2/h4-5H,1-3H3. The number of nitrogens with zero attached hydrogens (tertiary/aromatic N) is 1. The van der Waals surface area contributed by atoms with Crippen molar-refractivity contribution in [3.63, 3.8) is 0 Å². The quantitative estimate of drug-likeness (QED) is 0.748. The Morgan fingerprint density at radius 2 is 2.13 bits per heavy atom. The number of carbonyl (C=O) groups excluding carboxylic acids is 1. The lowest BCUT2D eigenvalue weighted by molar-refractivity contribution is 0.0602. The molecule has 0 saturated carbocycles. The van der Waals surface area contributed by atoms with Crippen LogP contribution < -0.4 is 4.31 Å². The minimum Gasteiger partial charge on any atom is -0.465 e. The first-order valence-electron chi connectivity index (χ1n) is 3.97. The maximum atomic E-state index is 11.3. The normalized spacial score (nSPS) is 11.1. The van der Waals surface area contributed by atoms with Gasteiger partial charge in [-0.05, 0) is 11.4 Å². The van der Waals surface area contributed by atoms with E-state index in [0.717, 1.165) is 10.6 Å². The Kier molecular flexibility index (Phi) is 3.35. The lowest BCUT2D eigenvalue weighted by atomic mass is 10.3. The molecule has 1 aromatic rings. The number of methoxy groups -OCH3 is 1. The smallest absolute Gasteiger partial charge is 0.340 e. The maximum absolute atomic E-state index is 11.3. The molecule has 5 nitrogen and oxygen atoms in total. The van der Waals surface area contributed by atoms with Crippen molar-refractivity contribution in [3.8, 4) is 0 Å². The fourth-order valence-corrected chi connectivity index (χ4v) is 2.66. The number of hydrogen-bond acceptors (Lipinski definition) is 5. The van der Waals surface area contributed by atoms with Crippen molar-refractivity contribution in [3.05, 3.63) is 17.0 Å². The largest absolute Gasteiger partial charge is 0.465 e. The molecule has 0 aliphatic heterocycles. The van der Waals surface area contributed by atoms with E-state index in [2.05, 4.69) is 4.74 Å². The molecule has 7 heteroatoms. The predicted molar refractivity (Wildman–Crippen MR) is 58.9 cm³/mol. The third-order valence-corrected chi connectivity index (χ3v) is 4.12. The fourth-order valence-electron chi connectivity index (χ4n) is 0.961. The van der Waals surface area contributed by atoms with Gasteiger partial charge in [-0.15, -0.1) is 11.3 Å². The Balaban J connectivity index is 3.17. The zero-order valence-electron chi connectivity index (χ0n) is 8.55. The highest BCUT2D eigenvalue weighted by molar-refractivity contribution is 7.92. The summed E-state index contributed by atoms with van der Waals surface area (Å²) < 4.78 is 28.2. The molecule has 1 rings (SSSR count). The summed E-state index contributed by atoms with van der Waals surface area (Å²) in [5, 5.41) is 2.01. The van der Waals surface area contributed by atoms with Crippen LogP contribution in [0.3, 0.4) is 0 Å². The number of rotatable bonds is 3. The summed E-state index contributed by atoms with van der Waals surface area (Å²) in [6.45, 7) is 0. The Labute approximate surface area is 92.3 Å². The van der Waals surface area contributed by atoms with Crippen LogP contribution in [-0.2, 0) is 14.8 Å². The number of sulfonamides is 1. The monoisotopic (exact) mass is 249 g/mol. The summed E-state index contributed by atoms with van der Waals surface area (Å²) in [5.41, 5.74) is 0.260. The van der Waals surface area contributed by atoms with E-state index >= 15 is 0 Å². The van der Waals surface area contributed by atoms with Gasteiger partial charge in [0.1, 0.15) is 5.00 Å². The molecule has 0 bridgehead atoms. The van der Waals surface area contributed by atoms with Crippen LogP contribution in [-0.4, -0.2) is 34.8 Å². The fraction of sp³-hybridized carbons (Fsp3) is 0.375. The third-order valence-electron chi connectivity index (χ3n) is 1.83. The van der Waals surface area contributed by atoms with Crippen LogP contribution in [0.1, 0.15) is 10.4 Å². The van der Waals surface area contributed by atoms with Gasteiger partial charge in [-0.1, -0.05) is 0 Å². The second-order valence-electron chi connectivity index (χ2n) is 2.86. The summed E-state index contributed by atoms with van der Waals surface area (Å²) in [6.07, 6.45) is 1.08. The third kappa shape index (κ3) is 2.48. The molecule has 84 valence electrons. The summed E-state index contributed by atoms with van der Waals surface area (Å²) >= 11 is 1.17. The highest BCUT2D eigenvalue weighted by atomic mass is 32.2. The summed E-state index contributed by atoms with van der Waals surface area (Å²) in [5.74, 6) is -0.540. The number of ether oxygens (including phenoxy) is 1. The molecule has 0 atom stereocenters. The van der Waals surface area contributed by atoms with Crippen LogP contribution in [0.15, 0.2) is 11.4 Å². The molecular weight excluding hydrogens is 238 g/mol. The van der Waals surface area contributed by atoms with Gasteiger partial charge < -0.3 is 4.74 Å². The van der Waals surface area contributed by atoms with Crippen LogP contribution in [0.5, 0.6) is 0 Å². The van der Waals surface area contributed by atoms with Crippen LogP contribution in [0.4, 0.5) is 5.00 Å². The zero-order chi connectivity index (χ0) is 11.6. The molecule has 0 saturated heterocycles. The topological polar surface area (TPSA) is 63.7 Å². The van der Waals surface area contributed by atoms with Crippen molar-refractivity contribution in [1.82, 2.24) is 0 Å². The molecule has 15 heavy (non-hydrogen) atoms. The molecule has 0 radical (unpaired) electrons. The first-order valence-corrected chi connectivity index (χ1v) is 6.70. The molecule has 0 spiro atoms. The van der Waals surface area contributed by atoms with Gasteiger partial charge in [0.15, 0.2) is 0 Å². The Hall–Kier alpha value is -1.08. The van der Waals surface area contributed by atoms with Crippen molar-refractivity contribution >= 4 is 32.3 Å². The lowest BCUT2D eigenvalue weighted by Gasteiger charge is -2.15. The van der Waals surface area contributed by atoms with Crippen molar-refractivity contribution in [2.75, 3.05) is 24.7 Å². The van der Waals surface area contributed by atoms with Gasteiger partial charge in [0, 0.05) is 7.05 Å². The minimum atomic E-state index is -3.35. The molecule has 0 aliphatic carbocycles. The Morgan fingerprint density at radius 1 is 1.53 bits per heavy atom. The highest BCUT2D eigenvalue weighted by Gasteiger charge is 2.21. The Bertz CT molecular complexity index is 463. The minimum absolute atomic E-state index is 0.260. The predicted octanol–water partition coefficient (Wildman–Crippen LogP) is 0.931. The van der Waals surface area contributed by atoms with Crippen molar-refractivity contribution in [2.45, 2.75) is 0 Å². The SMILES string of the molecule is COC(=O)c1ccsc1N(C)S(C)(=O)=O. The van der Waals surface area contributed by atoms with Crippen molar-refractivity contribution in [2.24, 2.45) is 0 Å². The summed E-state index contributed by atoms with van der Waals surface area (Å²) in [7, 11) is -0.703. The van der Waals surface area contributed by atoms with Crippen LogP contribution in [0.25, 0.3) is 0 Å². The van der Waals surface area contributed by atoms with E-state index in [9.17, 15) is 13.2 Å². The lowest BCUT2D eigenvalue weighted by Crippen LogP contribution is -2.25. The van der Waals surface area contributed by atoms with Crippen LogP contribution in [0, 0.1) is 0 Å². The molecule has 0 fully saturated rings. The van der Waals surface area contributed by atoms with E-state index in [-0.39, 0.29) is 5.56 Å². The van der Waals surface area contributed by atoms with E-state index in [1.165, 1.54) is 31.6 Å². The number of thiophene rings is 1. The Morgan fingerprint density at radius 3 is 2.60 bits per heavy atom. The first-order chi connectivity index (χ1) is 6.88. The number of hydrogen-bond donors (Lipinski definition) is 0. The summed E-state index contributed by atoms with van der Waals surface area (Å²) in [4.78, 5) is 11.3. The van der Waals surface area contributed by atoms with Gasteiger partial charge in [-0.25, -0.2) is 13.2 Å². The molecule has 1 heterocycles. The van der Waals surface area contributed by atoms with E-state index in [0.29, 0.717) is 5.00 Å². The highest BCUT2D eigenvalue weighted by Crippen LogP contribution is 2.28.